The second-order valence-electron chi connectivity index (χ2n) is 5.94. The average Bonchev–Trinajstić information content (AvgIpc) is 3.06. The summed E-state index contributed by atoms with van der Waals surface area (Å²) in [4.78, 5) is 12.3. The van der Waals surface area contributed by atoms with Crippen LogP contribution in [0.3, 0.4) is 0 Å². The number of ether oxygens (including phenoxy) is 1. The minimum atomic E-state index is -0.949. The molecule has 130 valence electrons. The first-order chi connectivity index (χ1) is 12.1. The number of carbonyl (C=O) groups excluding carboxylic acids is 1. The molecular formula is C20H22N2O3. The van der Waals surface area contributed by atoms with Gasteiger partial charge in [0.15, 0.2) is 17.3 Å². The number of para-hydroxylation sites is 1. The summed E-state index contributed by atoms with van der Waals surface area (Å²) in [5.74, 6) is 0.660. The molecular weight excluding hydrogens is 316 g/mol. The smallest absolute Gasteiger partial charge is 0.198 e. The van der Waals surface area contributed by atoms with Gasteiger partial charge in [0.05, 0.1) is 0 Å². The molecule has 2 aromatic carbocycles. The number of Topliss-reactive ketones (excluding diaryl/α,β-unsaturated/α-hetero) is 1. The van der Waals surface area contributed by atoms with Crippen LogP contribution in [0.2, 0.25) is 0 Å². The fraction of sp³-hybridized carbons (Fsp3) is 0.300. The Kier molecular flexibility index (Phi) is 4.86. The van der Waals surface area contributed by atoms with Crippen molar-refractivity contribution in [2.75, 3.05) is 11.9 Å². The van der Waals surface area contributed by atoms with E-state index in [1.54, 1.807) is 0 Å². The zero-order valence-corrected chi connectivity index (χ0v) is 14.7. The molecule has 0 aliphatic carbocycles. The van der Waals surface area contributed by atoms with Crippen LogP contribution in [0.4, 0.5) is 5.69 Å². The predicted octanol–water partition coefficient (Wildman–Crippen LogP) is 4.74. The van der Waals surface area contributed by atoms with E-state index in [1.165, 1.54) is 0 Å². The standard InChI is InChI=1S/C20H22N2O3/c1-4-18(23)14-10-6-8-12-16(14)21-20(3,24-5-2)19-15-11-7-9-13-17(15)22-25-19/h6-13,21H,4-5H2,1-3H3/t20-/m0/s1. The van der Waals surface area contributed by atoms with Crippen LogP contribution in [-0.4, -0.2) is 17.5 Å². The summed E-state index contributed by atoms with van der Waals surface area (Å²) >= 11 is 0. The lowest BCUT2D eigenvalue weighted by atomic mass is 10.0. The normalized spacial score (nSPS) is 13.6. The molecule has 5 nitrogen and oxygen atoms in total. The molecule has 0 unspecified atom stereocenters. The van der Waals surface area contributed by atoms with Gasteiger partial charge in [0.2, 0.25) is 0 Å². The summed E-state index contributed by atoms with van der Waals surface area (Å²) in [7, 11) is 0. The number of nitrogens with one attached hydrogen (secondary N) is 1. The maximum atomic E-state index is 12.3. The molecule has 3 aromatic rings. The van der Waals surface area contributed by atoms with Crippen LogP contribution < -0.4 is 5.32 Å². The van der Waals surface area contributed by atoms with E-state index in [2.05, 4.69) is 10.5 Å². The lowest BCUT2D eigenvalue weighted by Crippen LogP contribution is -2.35. The number of ketones is 1. The SMILES string of the molecule is CCO[C@](C)(Nc1ccccc1C(=O)CC)c1onc2ccccc12. The number of hydrogen-bond acceptors (Lipinski definition) is 5. The first-order valence-electron chi connectivity index (χ1n) is 8.48. The van der Waals surface area contributed by atoms with Crippen LogP contribution in [0, 0.1) is 0 Å². The highest BCUT2D eigenvalue weighted by atomic mass is 16.5. The van der Waals surface area contributed by atoms with Crippen molar-refractivity contribution >= 4 is 22.4 Å². The van der Waals surface area contributed by atoms with Crippen molar-refractivity contribution in [3.05, 3.63) is 59.9 Å². The van der Waals surface area contributed by atoms with Crippen molar-refractivity contribution in [1.29, 1.82) is 0 Å². The van der Waals surface area contributed by atoms with Gasteiger partial charge in [-0.05, 0) is 38.1 Å². The van der Waals surface area contributed by atoms with Gasteiger partial charge in [-0.3, -0.25) is 4.79 Å². The summed E-state index contributed by atoms with van der Waals surface area (Å²) in [6, 6.07) is 15.1. The average molecular weight is 338 g/mol. The van der Waals surface area contributed by atoms with Crippen LogP contribution in [0.15, 0.2) is 53.1 Å². The highest BCUT2D eigenvalue weighted by Gasteiger charge is 2.34. The third-order valence-corrected chi connectivity index (χ3v) is 4.17. The molecule has 5 heteroatoms. The van der Waals surface area contributed by atoms with Crippen molar-refractivity contribution in [2.45, 2.75) is 32.9 Å². The summed E-state index contributed by atoms with van der Waals surface area (Å²) < 4.78 is 11.6. The van der Waals surface area contributed by atoms with Crippen LogP contribution in [-0.2, 0) is 10.5 Å². The van der Waals surface area contributed by atoms with Gasteiger partial charge in [-0.25, -0.2) is 0 Å². The summed E-state index contributed by atoms with van der Waals surface area (Å²) in [6.45, 7) is 6.13. The predicted molar refractivity (Wildman–Crippen MR) is 97.7 cm³/mol. The van der Waals surface area contributed by atoms with Gasteiger partial charge in [-0.2, -0.15) is 0 Å². The highest BCUT2D eigenvalue weighted by molar-refractivity contribution is 6.01. The minimum Gasteiger partial charge on any atom is -0.355 e. The minimum absolute atomic E-state index is 0.0735. The second-order valence-corrected chi connectivity index (χ2v) is 5.94. The fourth-order valence-electron chi connectivity index (χ4n) is 2.96. The highest BCUT2D eigenvalue weighted by Crippen LogP contribution is 2.34. The van der Waals surface area contributed by atoms with Crippen molar-refractivity contribution < 1.29 is 14.1 Å². The number of carbonyl (C=O) groups is 1. The molecule has 25 heavy (non-hydrogen) atoms. The molecule has 3 rings (SSSR count). The van der Waals surface area contributed by atoms with Crippen LogP contribution >= 0.6 is 0 Å². The van der Waals surface area contributed by atoms with E-state index < -0.39 is 5.72 Å². The number of anilines is 1. The van der Waals surface area contributed by atoms with E-state index in [-0.39, 0.29) is 5.78 Å². The monoisotopic (exact) mass is 338 g/mol. The summed E-state index contributed by atoms with van der Waals surface area (Å²) in [5.41, 5.74) is 1.17. The first-order valence-corrected chi connectivity index (χ1v) is 8.48. The van der Waals surface area contributed by atoms with E-state index in [4.69, 9.17) is 9.26 Å². The van der Waals surface area contributed by atoms with Gasteiger partial charge in [0.1, 0.15) is 5.52 Å². The van der Waals surface area contributed by atoms with Gasteiger partial charge in [-0.15, -0.1) is 0 Å². The zero-order valence-electron chi connectivity index (χ0n) is 14.7. The van der Waals surface area contributed by atoms with Crippen molar-refractivity contribution in [3.63, 3.8) is 0 Å². The lowest BCUT2D eigenvalue weighted by molar-refractivity contribution is -0.0240. The van der Waals surface area contributed by atoms with Gasteiger partial charge >= 0.3 is 0 Å². The number of hydrogen-bond donors (Lipinski definition) is 1. The van der Waals surface area contributed by atoms with Crippen LogP contribution in [0.25, 0.3) is 10.9 Å². The Morgan fingerprint density at radius 1 is 1.16 bits per heavy atom. The van der Waals surface area contributed by atoms with E-state index in [0.717, 1.165) is 10.9 Å². The first kappa shape index (κ1) is 17.2. The van der Waals surface area contributed by atoms with Crippen LogP contribution in [0.1, 0.15) is 43.3 Å². The number of rotatable bonds is 7. The Balaban J connectivity index is 2.06. The van der Waals surface area contributed by atoms with Gasteiger partial charge in [0.25, 0.3) is 0 Å². The lowest BCUT2D eigenvalue weighted by Gasteiger charge is -2.30. The summed E-state index contributed by atoms with van der Waals surface area (Å²) in [5, 5.41) is 8.36. The van der Waals surface area contributed by atoms with Gasteiger partial charge in [-0.1, -0.05) is 36.3 Å². The Hall–Kier alpha value is -2.66. The Bertz CT molecular complexity index is 887. The van der Waals surface area contributed by atoms with E-state index >= 15 is 0 Å². The Morgan fingerprint density at radius 3 is 2.64 bits per heavy atom. The molecule has 1 N–H and O–H groups in total. The molecule has 0 spiro atoms. The van der Waals surface area contributed by atoms with E-state index in [1.807, 2.05) is 69.3 Å². The molecule has 1 atom stereocenters. The molecule has 0 bridgehead atoms. The Labute approximate surface area is 147 Å². The fourth-order valence-corrected chi connectivity index (χ4v) is 2.96. The molecule has 0 radical (unpaired) electrons. The van der Waals surface area contributed by atoms with Crippen molar-refractivity contribution in [2.24, 2.45) is 0 Å². The third-order valence-electron chi connectivity index (χ3n) is 4.17. The van der Waals surface area contributed by atoms with E-state index in [9.17, 15) is 4.79 Å². The molecule has 0 aliphatic rings. The molecule has 0 saturated heterocycles. The molecule has 1 aromatic heterocycles. The molecule has 0 fully saturated rings. The topological polar surface area (TPSA) is 64.4 Å². The van der Waals surface area contributed by atoms with Gasteiger partial charge in [0, 0.05) is 29.7 Å². The number of benzene rings is 2. The van der Waals surface area contributed by atoms with Crippen molar-refractivity contribution in [3.8, 4) is 0 Å². The molecule has 1 heterocycles. The summed E-state index contributed by atoms with van der Waals surface area (Å²) in [6.07, 6.45) is 0.440. The maximum absolute atomic E-state index is 12.3. The van der Waals surface area contributed by atoms with Gasteiger partial charge < -0.3 is 14.6 Å². The quantitative estimate of drug-likeness (QED) is 0.498. The zero-order chi connectivity index (χ0) is 17.9. The van der Waals surface area contributed by atoms with E-state index in [0.29, 0.717) is 30.0 Å². The molecule has 0 aliphatic heterocycles. The molecule has 0 amide bonds. The number of fused-ring (bicyclic) bond motifs is 1. The Morgan fingerprint density at radius 2 is 1.88 bits per heavy atom. The van der Waals surface area contributed by atoms with Crippen molar-refractivity contribution in [1.82, 2.24) is 5.16 Å². The second kappa shape index (κ2) is 7.07. The van der Waals surface area contributed by atoms with Crippen LogP contribution in [0.5, 0.6) is 0 Å². The molecule has 0 saturated carbocycles. The third kappa shape index (κ3) is 3.28. The maximum Gasteiger partial charge on any atom is 0.198 e. The number of nitrogens with zero attached hydrogens (tertiary/aromatic N) is 1. The number of aromatic nitrogens is 1. The largest absolute Gasteiger partial charge is 0.355 e.